The van der Waals surface area contributed by atoms with Crippen LogP contribution in [0.3, 0.4) is 0 Å². The third kappa shape index (κ3) is 1.70. The summed E-state index contributed by atoms with van der Waals surface area (Å²) in [5, 5.41) is 0. The quantitative estimate of drug-likeness (QED) is 0.598. The Morgan fingerprint density at radius 2 is 2.11 bits per heavy atom. The first kappa shape index (κ1) is 6.04. The number of hydrogen-bond donors (Lipinski definition) is 1. The van der Waals surface area contributed by atoms with Crippen LogP contribution in [0.15, 0.2) is 24.5 Å². The molecule has 0 saturated carbocycles. The molecule has 0 atom stereocenters. The molecule has 48 valence electrons. The van der Waals surface area contributed by atoms with Gasteiger partial charge in [-0.05, 0) is 12.1 Å². The molecule has 0 aromatic carbocycles. The van der Waals surface area contributed by atoms with Gasteiger partial charge in [0.25, 0.3) is 0 Å². The second kappa shape index (κ2) is 3.04. The van der Waals surface area contributed by atoms with E-state index >= 15 is 0 Å². The molecule has 3 nitrogen and oxygen atoms in total. The predicted molar refractivity (Wildman–Crippen MR) is 34.9 cm³/mol. The maximum Gasteiger partial charge on any atom is 0.0636 e. The zero-order valence-corrected chi connectivity index (χ0v) is 5.16. The summed E-state index contributed by atoms with van der Waals surface area (Å²) in [5.74, 6) is 0. The van der Waals surface area contributed by atoms with E-state index < -0.39 is 0 Å². The van der Waals surface area contributed by atoms with Crippen molar-refractivity contribution in [2.45, 2.75) is 0 Å². The number of aromatic nitrogens is 1. The molecule has 0 amide bonds. The molecule has 0 aliphatic rings. The fraction of sp³-hybridized carbons (Fsp3) is 0.167. The number of rotatable bonds is 2. The zero-order valence-electron chi connectivity index (χ0n) is 5.16. The molecule has 3 heteroatoms. The second-order valence-electron chi connectivity index (χ2n) is 1.54. The largest absolute Gasteiger partial charge is 0.279 e. The van der Waals surface area contributed by atoms with Crippen molar-refractivity contribution in [2.75, 3.05) is 12.6 Å². The summed E-state index contributed by atoms with van der Waals surface area (Å²) in [4.78, 5) is 8.48. The Bertz CT molecular complexity index is 164. The van der Waals surface area contributed by atoms with Crippen LogP contribution in [0.5, 0.6) is 0 Å². The van der Waals surface area contributed by atoms with Crippen LogP contribution in [0.4, 0.5) is 5.69 Å². The standard InChI is InChI=1S/C6H8N2O/c1-9-8-6-2-4-7-5-3-6/h2-5H,1H3,(H,7,8). The summed E-state index contributed by atoms with van der Waals surface area (Å²) in [7, 11) is 1.57. The monoisotopic (exact) mass is 124 g/mol. The van der Waals surface area contributed by atoms with E-state index in [1.54, 1.807) is 19.5 Å². The lowest BCUT2D eigenvalue weighted by atomic mass is 10.4. The summed E-state index contributed by atoms with van der Waals surface area (Å²) < 4.78 is 0. The number of pyridine rings is 1. The summed E-state index contributed by atoms with van der Waals surface area (Å²) in [5.41, 5.74) is 3.58. The van der Waals surface area contributed by atoms with E-state index in [1.807, 2.05) is 12.1 Å². The summed E-state index contributed by atoms with van der Waals surface area (Å²) in [6, 6.07) is 3.65. The van der Waals surface area contributed by atoms with Crippen LogP contribution in [0.1, 0.15) is 0 Å². The van der Waals surface area contributed by atoms with Crippen molar-refractivity contribution < 1.29 is 4.84 Å². The lowest BCUT2D eigenvalue weighted by Gasteiger charge is -1.98. The molecule has 0 aliphatic carbocycles. The van der Waals surface area contributed by atoms with E-state index in [0.717, 1.165) is 5.69 Å². The smallest absolute Gasteiger partial charge is 0.0636 e. The average Bonchev–Trinajstić information content (AvgIpc) is 1.91. The van der Waals surface area contributed by atoms with Crippen LogP contribution in [0.25, 0.3) is 0 Å². The van der Waals surface area contributed by atoms with Crippen molar-refractivity contribution in [2.24, 2.45) is 0 Å². The number of anilines is 1. The summed E-state index contributed by atoms with van der Waals surface area (Å²) in [6.45, 7) is 0. The highest BCUT2D eigenvalue weighted by Crippen LogP contribution is 2.00. The van der Waals surface area contributed by atoms with Crippen LogP contribution in [0, 0.1) is 0 Å². The van der Waals surface area contributed by atoms with Crippen molar-refractivity contribution in [1.82, 2.24) is 4.98 Å². The fourth-order valence-corrected chi connectivity index (χ4v) is 0.538. The molecule has 9 heavy (non-hydrogen) atoms. The van der Waals surface area contributed by atoms with E-state index in [2.05, 4.69) is 15.3 Å². The van der Waals surface area contributed by atoms with Gasteiger partial charge in [0.1, 0.15) is 0 Å². The van der Waals surface area contributed by atoms with E-state index in [0.29, 0.717) is 0 Å². The van der Waals surface area contributed by atoms with Crippen LogP contribution in [0.2, 0.25) is 0 Å². The molecule has 1 aromatic rings. The number of nitrogens with zero attached hydrogens (tertiary/aromatic N) is 1. The normalized spacial score (nSPS) is 9.00. The molecular weight excluding hydrogens is 116 g/mol. The molecule has 0 bridgehead atoms. The van der Waals surface area contributed by atoms with Crippen molar-refractivity contribution >= 4 is 5.69 Å². The fourth-order valence-electron chi connectivity index (χ4n) is 0.538. The lowest BCUT2D eigenvalue weighted by molar-refractivity contribution is 0.271. The van der Waals surface area contributed by atoms with Gasteiger partial charge in [0.15, 0.2) is 0 Å². The van der Waals surface area contributed by atoms with E-state index in [-0.39, 0.29) is 0 Å². The van der Waals surface area contributed by atoms with E-state index in [4.69, 9.17) is 0 Å². The molecule has 0 aliphatic heterocycles. The van der Waals surface area contributed by atoms with E-state index in [1.165, 1.54) is 0 Å². The Labute approximate surface area is 53.6 Å². The molecule has 0 unspecified atom stereocenters. The highest BCUT2D eigenvalue weighted by molar-refractivity contribution is 5.37. The molecule has 0 radical (unpaired) electrons. The maximum atomic E-state index is 4.65. The second-order valence-corrected chi connectivity index (χ2v) is 1.54. The Hall–Kier alpha value is -1.09. The minimum Gasteiger partial charge on any atom is -0.279 e. The molecule has 1 aromatic heterocycles. The number of hydrogen-bond acceptors (Lipinski definition) is 3. The molecule has 0 spiro atoms. The van der Waals surface area contributed by atoms with Gasteiger partial charge in [0, 0.05) is 12.4 Å². The Balaban J connectivity index is 2.61. The van der Waals surface area contributed by atoms with Gasteiger partial charge in [-0.25, -0.2) is 0 Å². The van der Waals surface area contributed by atoms with Crippen molar-refractivity contribution in [1.29, 1.82) is 0 Å². The predicted octanol–water partition coefficient (Wildman–Crippen LogP) is 1.05. The van der Waals surface area contributed by atoms with Crippen molar-refractivity contribution in [3.63, 3.8) is 0 Å². The Kier molecular flexibility index (Phi) is 2.04. The Morgan fingerprint density at radius 3 is 2.67 bits per heavy atom. The van der Waals surface area contributed by atoms with Crippen LogP contribution in [-0.2, 0) is 4.84 Å². The molecular formula is C6H8N2O. The topological polar surface area (TPSA) is 34.1 Å². The van der Waals surface area contributed by atoms with Gasteiger partial charge in [-0.1, -0.05) is 0 Å². The average molecular weight is 124 g/mol. The van der Waals surface area contributed by atoms with Gasteiger partial charge in [-0.3, -0.25) is 15.3 Å². The van der Waals surface area contributed by atoms with Crippen molar-refractivity contribution in [3.8, 4) is 0 Å². The van der Waals surface area contributed by atoms with Crippen LogP contribution < -0.4 is 5.48 Å². The Morgan fingerprint density at radius 1 is 1.44 bits per heavy atom. The third-order valence-corrected chi connectivity index (χ3v) is 0.900. The molecule has 1 N–H and O–H groups in total. The van der Waals surface area contributed by atoms with Gasteiger partial charge in [-0.2, -0.15) is 0 Å². The van der Waals surface area contributed by atoms with Crippen LogP contribution in [-0.4, -0.2) is 12.1 Å². The highest BCUT2D eigenvalue weighted by Gasteiger charge is 1.82. The molecule has 0 fully saturated rings. The summed E-state index contributed by atoms with van der Waals surface area (Å²) >= 11 is 0. The molecule has 0 saturated heterocycles. The van der Waals surface area contributed by atoms with Crippen LogP contribution >= 0.6 is 0 Å². The summed E-state index contributed by atoms with van der Waals surface area (Å²) in [6.07, 6.45) is 3.39. The maximum absolute atomic E-state index is 4.65. The molecule has 1 heterocycles. The number of nitrogens with one attached hydrogen (secondary N) is 1. The minimum atomic E-state index is 0.910. The highest BCUT2D eigenvalue weighted by atomic mass is 16.6. The third-order valence-electron chi connectivity index (χ3n) is 0.900. The van der Waals surface area contributed by atoms with E-state index in [9.17, 15) is 0 Å². The first-order valence-electron chi connectivity index (χ1n) is 2.62. The van der Waals surface area contributed by atoms with Gasteiger partial charge < -0.3 is 0 Å². The lowest BCUT2D eigenvalue weighted by Crippen LogP contribution is -1.94. The van der Waals surface area contributed by atoms with Gasteiger partial charge in [0.05, 0.1) is 12.8 Å². The first-order valence-corrected chi connectivity index (χ1v) is 2.62. The van der Waals surface area contributed by atoms with Gasteiger partial charge >= 0.3 is 0 Å². The molecule has 1 rings (SSSR count). The zero-order chi connectivity index (χ0) is 6.53. The van der Waals surface area contributed by atoms with Gasteiger partial charge in [-0.15, -0.1) is 0 Å². The SMILES string of the molecule is CONc1ccncc1. The van der Waals surface area contributed by atoms with Crippen molar-refractivity contribution in [3.05, 3.63) is 24.5 Å². The minimum absolute atomic E-state index is 0.910. The first-order chi connectivity index (χ1) is 4.43. The van der Waals surface area contributed by atoms with Gasteiger partial charge in [0.2, 0.25) is 0 Å².